The van der Waals surface area contributed by atoms with Crippen LogP contribution in [0.25, 0.3) is 98.5 Å². The highest BCUT2D eigenvalue weighted by molar-refractivity contribution is 7.25. The normalized spacial score (nSPS) is 11.6. The number of fused-ring (bicyclic) bond motifs is 6. The van der Waals surface area contributed by atoms with Crippen LogP contribution in [0, 0.1) is 0 Å². The van der Waals surface area contributed by atoms with Gasteiger partial charge >= 0.3 is 0 Å². The molecule has 0 N–H and O–H groups in total. The van der Waals surface area contributed by atoms with Crippen LogP contribution in [0.2, 0.25) is 0 Å². The lowest BCUT2D eigenvalue weighted by molar-refractivity contribution is 0.669. The van der Waals surface area contributed by atoms with E-state index in [4.69, 9.17) is 19.4 Å². The Morgan fingerprint density at radius 1 is 0.320 bits per heavy atom. The highest BCUT2D eigenvalue weighted by Crippen LogP contribution is 2.37. The van der Waals surface area contributed by atoms with Crippen LogP contribution in [0.1, 0.15) is 0 Å². The summed E-state index contributed by atoms with van der Waals surface area (Å²) in [5.41, 5.74) is 9.08. The van der Waals surface area contributed by atoms with Crippen molar-refractivity contribution in [1.82, 2.24) is 15.0 Å². The molecule has 5 heteroatoms. The molecule has 0 saturated carbocycles. The molecule has 0 saturated heterocycles. The topological polar surface area (TPSA) is 51.8 Å². The first kappa shape index (κ1) is 28.6. The van der Waals surface area contributed by atoms with Crippen LogP contribution in [-0.4, -0.2) is 15.0 Å². The summed E-state index contributed by atoms with van der Waals surface area (Å²) in [6.45, 7) is 0. The molecule has 0 aliphatic carbocycles. The Balaban J connectivity index is 1.06. The minimum Gasteiger partial charge on any atom is -0.456 e. The molecule has 10 rings (SSSR count). The van der Waals surface area contributed by atoms with E-state index in [9.17, 15) is 0 Å². The first-order chi connectivity index (χ1) is 24.7. The molecule has 50 heavy (non-hydrogen) atoms. The third-order valence-electron chi connectivity index (χ3n) is 9.33. The van der Waals surface area contributed by atoms with Gasteiger partial charge in [0.1, 0.15) is 11.2 Å². The van der Waals surface area contributed by atoms with Crippen LogP contribution in [-0.2, 0) is 0 Å². The fraction of sp³-hybridized carbons (Fsp3) is 0. The zero-order chi connectivity index (χ0) is 33.0. The molecule has 234 valence electrons. The Labute approximate surface area is 292 Å². The summed E-state index contributed by atoms with van der Waals surface area (Å²) in [5, 5.41) is 4.73. The maximum Gasteiger partial charge on any atom is 0.164 e. The molecule has 0 aliphatic heterocycles. The number of benzene rings is 7. The molecule has 7 aromatic carbocycles. The minimum atomic E-state index is 0.637. The number of hydrogen-bond donors (Lipinski definition) is 0. The molecular formula is C45H27N3OS. The van der Waals surface area contributed by atoms with Crippen LogP contribution in [0.15, 0.2) is 168 Å². The maximum absolute atomic E-state index is 6.19. The van der Waals surface area contributed by atoms with Gasteiger partial charge in [0.25, 0.3) is 0 Å². The molecule has 3 heterocycles. The van der Waals surface area contributed by atoms with Gasteiger partial charge in [-0.05, 0) is 76.9 Å². The Hall–Kier alpha value is -6.43. The highest BCUT2D eigenvalue weighted by Gasteiger charge is 2.15. The quantitative estimate of drug-likeness (QED) is 0.185. The number of furan rings is 1. The lowest BCUT2D eigenvalue weighted by atomic mass is 9.97. The summed E-state index contributed by atoms with van der Waals surface area (Å²) in [7, 11) is 0. The van der Waals surface area contributed by atoms with Crippen LogP contribution < -0.4 is 0 Å². The molecule has 0 radical (unpaired) electrons. The van der Waals surface area contributed by atoms with Crippen molar-refractivity contribution < 1.29 is 4.42 Å². The van der Waals surface area contributed by atoms with E-state index in [0.717, 1.165) is 60.9 Å². The number of para-hydroxylation sites is 1. The van der Waals surface area contributed by atoms with Crippen molar-refractivity contribution in [2.24, 2.45) is 0 Å². The molecular weight excluding hydrogens is 631 g/mol. The summed E-state index contributed by atoms with van der Waals surface area (Å²) in [6, 6.07) is 57.0. The molecule has 0 unspecified atom stereocenters. The minimum absolute atomic E-state index is 0.637. The lowest BCUT2D eigenvalue weighted by Crippen LogP contribution is -2.00. The second-order valence-corrected chi connectivity index (χ2v) is 13.5. The van der Waals surface area contributed by atoms with Crippen LogP contribution in [0.5, 0.6) is 0 Å². The standard InChI is InChI=1S/C45H27N3OS/c1-2-10-28(11-3-1)43-46-44(48-45(47-43)34-21-23-42-38(26-34)37-17-5-7-19-41(37)50-42)33-15-9-14-31(25-33)29-12-8-13-30(24-29)32-20-22-36-35-16-4-6-18-39(35)49-40(36)27-32/h1-27H. The van der Waals surface area contributed by atoms with Gasteiger partial charge < -0.3 is 4.42 Å². The SMILES string of the molecule is c1ccc(-c2nc(-c3cccc(-c4cccc(-c5ccc6c(c5)oc5ccccc56)c4)c3)nc(-c3ccc4sc5ccccc5c4c3)n2)cc1. The van der Waals surface area contributed by atoms with E-state index in [1.54, 1.807) is 0 Å². The van der Waals surface area contributed by atoms with Gasteiger partial charge in [-0.3, -0.25) is 0 Å². The summed E-state index contributed by atoms with van der Waals surface area (Å²) in [4.78, 5) is 15.1. The van der Waals surface area contributed by atoms with E-state index in [1.807, 2.05) is 53.8 Å². The average molecular weight is 658 g/mol. The van der Waals surface area contributed by atoms with Gasteiger partial charge in [0.05, 0.1) is 0 Å². The van der Waals surface area contributed by atoms with E-state index in [-0.39, 0.29) is 0 Å². The Kier molecular flexibility index (Phi) is 6.64. The number of hydrogen-bond acceptors (Lipinski definition) is 5. The number of rotatable bonds is 5. The first-order valence-electron chi connectivity index (χ1n) is 16.6. The lowest BCUT2D eigenvalue weighted by Gasteiger charge is -2.10. The summed E-state index contributed by atoms with van der Waals surface area (Å²) < 4.78 is 8.72. The molecule has 3 aromatic heterocycles. The van der Waals surface area contributed by atoms with E-state index in [2.05, 4.69) is 121 Å². The van der Waals surface area contributed by atoms with E-state index in [1.165, 1.54) is 20.2 Å². The average Bonchev–Trinajstić information content (AvgIpc) is 3.76. The Morgan fingerprint density at radius 3 is 1.62 bits per heavy atom. The second kappa shape index (κ2) is 11.6. The second-order valence-electron chi connectivity index (χ2n) is 12.5. The molecule has 0 spiro atoms. The summed E-state index contributed by atoms with van der Waals surface area (Å²) >= 11 is 1.81. The molecule has 10 aromatic rings. The van der Waals surface area contributed by atoms with Gasteiger partial charge in [0, 0.05) is 47.6 Å². The van der Waals surface area contributed by atoms with Gasteiger partial charge in [-0.2, -0.15) is 0 Å². The fourth-order valence-corrected chi connectivity index (χ4v) is 7.92. The third-order valence-corrected chi connectivity index (χ3v) is 10.5. The van der Waals surface area contributed by atoms with Crippen molar-refractivity contribution >= 4 is 53.4 Å². The van der Waals surface area contributed by atoms with Crippen LogP contribution >= 0.6 is 11.3 Å². The van der Waals surface area contributed by atoms with E-state index in [0.29, 0.717) is 17.5 Å². The third kappa shape index (κ3) is 4.95. The van der Waals surface area contributed by atoms with Crippen LogP contribution in [0.3, 0.4) is 0 Å². The monoisotopic (exact) mass is 657 g/mol. The van der Waals surface area contributed by atoms with E-state index < -0.39 is 0 Å². The zero-order valence-corrected chi connectivity index (χ0v) is 27.6. The molecule has 0 bridgehead atoms. The van der Waals surface area contributed by atoms with Crippen molar-refractivity contribution in [3.63, 3.8) is 0 Å². The van der Waals surface area contributed by atoms with Crippen molar-refractivity contribution in [3.05, 3.63) is 164 Å². The maximum atomic E-state index is 6.19. The first-order valence-corrected chi connectivity index (χ1v) is 17.4. The fourth-order valence-electron chi connectivity index (χ4n) is 6.84. The van der Waals surface area contributed by atoms with Crippen molar-refractivity contribution in [1.29, 1.82) is 0 Å². The predicted molar refractivity (Wildman–Crippen MR) is 207 cm³/mol. The van der Waals surface area contributed by atoms with Crippen molar-refractivity contribution in [2.45, 2.75) is 0 Å². The number of aromatic nitrogens is 3. The molecule has 0 atom stereocenters. The van der Waals surface area contributed by atoms with Gasteiger partial charge in [-0.25, -0.2) is 15.0 Å². The Bertz CT molecular complexity index is 2890. The van der Waals surface area contributed by atoms with E-state index >= 15 is 0 Å². The highest BCUT2D eigenvalue weighted by atomic mass is 32.1. The van der Waals surface area contributed by atoms with Crippen molar-refractivity contribution in [3.8, 4) is 56.4 Å². The predicted octanol–water partition coefficient (Wildman–Crippen LogP) is 12.5. The van der Waals surface area contributed by atoms with Crippen molar-refractivity contribution in [2.75, 3.05) is 0 Å². The Morgan fingerprint density at radius 2 is 0.840 bits per heavy atom. The smallest absolute Gasteiger partial charge is 0.164 e. The molecule has 0 aliphatic rings. The summed E-state index contributed by atoms with van der Waals surface area (Å²) in [6.07, 6.45) is 0. The molecule has 0 fully saturated rings. The summed E-state index contributed by atoms with van der Waals surface area (Å²) in [5.74, 6) is 1.94. The van der Waals surface area contributed by atoms with Gasteiger partial charge in [-0.1, -0.05) is 109 Å². The number of thiophene rings is 1. The van der Waals surface area contributed by atoms with Gasteiger partial charge in [0.15, 0.2) is 17.5 Å². The zero-order valence-electron chi connectivity index (χ0n) is 26.7. The van der Waals surface area contributed by atoms with Crippen LogP contribution in [0.4, 0.5) is 0 Å². The number of nitrogens with zero attached hydrogens (tertiary/aromatic N) is 3. The molecule has 0 amide bonds. The van der Waals surface area contributed by atoms with Gasteiger partial charge in [-0.15, -0.1) is 11.3 Å². The largest absolute Gasteiger partial charge is 0.456 e. The molecule has 4 nitrogen and oxygen atoms in total. The van der Waals surface area contributed by atoms with Gasteiger partial charge in [0.2, 0.25) is 0 Å².